The Morgan fingerprint density at radius 1 is 1.07 bits per heavy atom. The summed E-state index contributed by atoms with van der Waals surface area (Å²) < 4.78 is 41.4. The number of alkyl halides is 3. The number of benzene rings is 2. The number of hydrogen-bond donors (Lipinski definition) is 2. The molecule has 2 aromatic heterocycles. The molecular weight excluding hydrogens is 411 g/mol. The minimum atomic E-state index is -4.65. The Balaban J connectivity index is 1.84. The first-order chi connectivity index (χ1) is 14.2. The van der Waals surface area contributed by atoms with Crippen molar-refractivity contribution in [3.8, 4) is 11.3 Å². The highest BCUT2D eigenvalue weighted by molar-refractivity contribution is 7.21. The fourth-order valence-corrected chi connectivity index (χ4v) is 4.11. The van der Waals surface area contributed by atoms with Crippen LogP contribution in [0.5, 0.6) is 0 Å². The Kier molecular flexibility index (Phi) is 4.95. The molecule has 4 rings (SSSR count). The Hall–Kier alpha value is -3.39. The molecule has 1 amide bonds. The van der Waals surface area contributed by atoms with E-state index in [-0.39, 0.29) is 26.5 Å². The van der Waals surface area contributed by atoms with Gasteiger partial charge >= 0.3 is 6.18 Å². The van der Waals surface area contributed by atoms with Crippen LogP contribution in [0.3, 0.4) is 0 Å². The first kappa shape index (κ1) is 19.9. The van der Waals surface area contributed by atoms with Crippen LogP contribution in [0.1, 0.15) is 20.8 Å². The van der Waals surface area contributed by atoms with Gasteiger partial charge in [0.15, 0.2) is 0 Å². The zero-order valence-electron chi connectivity index (χ0n) is 15.7. The van der Waals surface area contributed by atoms with Crippen molar-refractivity contribution in [3.05, 3.63) is 76.7 Å². The summed E-state index contributed by atoms with van der Waals surface area (Å²) in [6.07, 6.45) is -4.65. The van der Waals surface area contributed by atoms with Crippen molar-refractivity contribution in [2.45, 2.75) is 13.1 Å². The molecule has 0 saturated heterocycles. The van der Waals surface area contributed by atoms with Gasteiger partial charge in [0.05, 0.1) is 16.9 Å². The number of aryl methyl sites for hydroxylation is 1. The predicted molar refractivity (Wildman–Crippen MR) is 114 cm³/mol. The van der Waals surface area contributed by atoms with Crippen molar-refractivity contribution >= 4 is 38.8 Å². The minimum Gasteiger partial charge on any atom is -0.397 e. The molecule has 0 aliphatic carbocycles. The van der Waals surface area contributed by atoms with Gasteiger partial charge in [-0.2, -0.15) is 13.2 Å². The molecule has 0 spiro atoms. The number of nitrogens with one attached hydrogen (secondary N) is 1. The van der Waals surface area contributed by atoms with Gasteiger partial charge in [-0.3, -0.25) is 4.79 Å². The number of pyridine rings is 1. The summed E-state index contributed by atoms with van der Waals surface area (Å²) in [5, 5.41) is 2.43. The highest BCUT2D eigenvalue weighted by atomic mass is 32.1. The number of halogens is 3. The van der Waals surface area contributed by atoms with Gasteiger partial charge in [0, 0.05) is 16.6 Å². The molecule has 0 saturated carbocycles. The fourth-order valence-electron chi connectivity index (χ4n) is 3.09. The second kappa shape index (κ2) is 7.46. The lowest BCUT2D eigenvalue weighted by Crippen LogP contribution is -2.12. The highest BCUT2D eigenvalue weighted by Gasteiger charge is 2.36. The number of carbonyl (C=O) groups excluding carboxylic acids is 1. The third-order valence-electron chi connectivity index (χ3n) is 4.59. The van der Waals surface area contributed by atoms with E-state index in [0.29, 0.717) is 11.3 Å². The number of anilines is 2. The van der Waals surface area contributed by atoms with Crippen molar-refractivity contribution in [2.24, 2.45) is 0 Å². The Morgan fingerprint density at radius 2 is 1.73 bits per heavy atom. The third-order valence-corrected chi connectivity index (χ3v) is 5.69. The summed E-state index contributed by atoms with van der Waals surface area (Å²) >= 11 is 0.845. The summed E-state index contributed by atoms with van der Waals surface area (Å²) in [5.74, 6) is -0.575. The van der Waals surface area contributed by atoms with Crippen LogP contribution in [0, 0.1) is 6.92 Å². The number of aromatic nitrogens is 1. The van der Waals surface area contributed by atoms with Crippen molar-refractivity contribution < 1.29 is 18.0 Å². The molecule has 152 valence electrons. The monoisotopic (exact) mass is 427 g/mol. The summed E-state index contributed by atoms with van der Waals surface area (Å²) in [4.78, 5) is 17.1. The quantitative estimate of drug-likeness (QED) is 0.414. The van der Waals surface area contributed by atoms with Gasteiger partial charge in [-0.25, -0.2) is 4.98 Å². The van der Waals surface area contributed by atoms with E-state index >= 15 is 0 Å². The second-order valence-electron chi connectivity index (χ2n) is 6.76. The fraction of sp³-hybridized carbons (Fsp3) is 0.0909. The van der Waals surface area contributed by atoms with E-state index in [1.165, 1.54) is 0 Å². The van der Waals surface area contributed by atoms with Crippen molar-refractivity contribution in [1.82, 2.24) is 4.98 Å². The van der Waals surface area contributed by atoms with Gasteiger partial charge < -0.3 is 11.1 Å². The predicted octanol–water partition coefficient (Wildman–Crippen LogP) is 6.13. The maximum Gasteiger partial charge on any atom is 0.417 e. The molecule has 0 atom stereocenters. The van der Waals surface area contributed by atoms with Crippen molar-refractivity contribution in [2.75, 3.05) is 11.1 Å². The van der Waals surface area contributed by atoms with E-state index in [1.54, 1.807) is 42.5 Å². The summed E-state index contributed by atoms with van der Waals surface area (Å²) in [6, 6.07) is 16.6. The van der Waals surface area contributed by atoms with Gasteiger partial charge in [-0.15, -0.1) is 11.3 Å². The molecule has 2 aromatic carbocycles. The number of nitrogen functional groups attached to an aromatic ring is 1. The molecule has 8 heteroatoms. The van der Waals surface area contributed by atoms with Gasteiger partial charge in [0.1, 0.15) is 9.71 Å². The SMILES string of the molecule is Cc1ccc(NC(=O)c2sc3nc(-c4ccccc4)cc(C(F)(F)F)c3c2N)cc1. The molecule has 0 unspecified atom stereocenters. The number of nitrogens with two attached hydrogens (primary N) is 1. The number of hydrogen-bond acceptors (Lipinski definition) is 4. The molecule has 0 fully saturated rings. The average Bonchev–Trinajstić information content (AvgIpc) is 3.05. The third kappa shape index (κ3) is 3.73. The number of amides is 1. The number of thiophene rings is 1. The molecule has 0 radical (unpaired) electrons. The summed E-state index contributed by atoms with van der Waals surface area (Å²) in [6.45, 7) is 1.91. The van der Waals surface area contributed by atoms with E-state index in [4.69, 9.17) is 5.73 Å². The van der Waals surface area contributed by atoms with Crippen LogP contribution < -0.4 is 11.1 Å². The van der Waals surface area contributed by atoms with Crippen LogP contribution in [-0.2, 0) is 6.18 Å². The Labute approximate surface area is 174 Å². The Bertz CT molecular complexity index is 1230. The van der Waals surface area contributed by atoms with Crippen LogP contribution in [0.25, 0.3) is 21.5 Å². The zero-order chi connectivity index (χ0) is 21.5. The van der Waals surface area contributed by atoms with Gasteiger partial charge in [-0.1, -0.05) is 48.0 Å². The lowest BCUT2D eigenvalue weighted by Gasteiger charge is -2.11. The largest absolute Gasteiger partial charge is 0.417 e. The smallest absolute Gasteiger partial charge is 0.397 e. The van der Waals surface area contributed by atoms with Gasteiger partial charge in [0.25, 0.3) is 5.91 Å². The lowest BCUT2D eigenvalue weighted by atomic mass is 10.1. The Morgan fingerprint density at radius 3 is 2.37 bits per heavy atom. The molecule has 0 aliphatic heterocycles. The van der Waals surface area contributed by atoms with E-state index in [0.717, 1.165) is 23.0 Å². The average molecular weight is 427 g/mol. The van der Waals surface area contributed by atoms with Crippen LogP contribution in [0.4, 0.5) is 24.5 Å². The van der Waals surface area contributed by atoms with Crippen LogP contribution in [0.15, 0.2) is 60.7 Å². The van der Waals surface area contributed by atoms with Gasteiger partial charge in [-0.05, 0) is 25.1 Å². The highest BCUT2D eigenvalue weighted by Crippen LogP contribution is 2.43. The maximum absolute atomic E-state index is 13.8. The van der Waals surface area contributed by atoms with Crippen LogP contribution >= 0.6 is 11.3 Å². The van der Waals surface area contributed by atoms with Crippen LogP contribution in [0.2, 0.25) is 0 Å². The topological polar surface area (TPSA) is 68.0 Å². The minimum absolute atomic E-state index is 0.00575. The first-order valence-corrected chi connectivity index (χ1v) is 9.79. The molecule has 4 nitrogen and oxygen atoms in total. The van der Waals surface area contributed by atoms with E-state index in [9.17, 15) is 18.0 Å². The van der Waals surface area contributed by atoms with Crippen molar-refractivity contribution in [1.29, 1.82) is 0 Å². The molecular formula is C22H16F3N3OS. The van der Waals surface area contributed by atoms with Crippen LogP contribution in [-0.4, -0.2) is 10.9 Å². The molecule has 30 heavy (non-hydrogen) atoms. The van der Waals surface area contributed by atoms with E-state index in [1.807, 2.05) is 19.1 Å². The van der Waals surface area contributed by atoms with E-state index < -0.39 is 17.6 Å². The number of fused-ring (bicyclic) bond motifs is 1. The standard InChI is InChI=1S/C22H16F3N3OS/c1-12-7-9-14(10-8-12)27-20(29)19-18(26)17-15(22(23,24)25)11-16(28-21(17)30-19)13-5-3-2-4-6-13/h2-11H,26H2,1H3,(H,27,29). The molecule has 2 heterocycles. The van der Waals surface area contributed by atoms with Crippen molar-refractivity contribution in [3.63, 3.8) is 0 Å². The molecule has 3 N–H and O–H groups in total. The normalized spacial score (nSPS) is 11.6. The number of carbonyl (C=O) groups is 1. The van der Waals surface area contributed by atoms with Gasteiger partial charge in [0.2, 0.25) is 0 Å². The summed E-state index contributed by atoms with van der Waals surface area (Å²) in [5.41, 5.74) is 7.14. The number of rotatable bonds is 3. The number of nitrogens with zero attached hydrogens (tertiary/aromatic N) is 1. The maximum atomic E-state index is 13.8. The zero-order valence-corrected chi connectivity index (χ0v) is 16.6. The first-order valence-electron chi connectivity index (χ1n) is 8.97. The molecule has 0 bridgehead atoms. The second-order valence-corrected chi connectivity index (χ2v) is 7.76. The molecule has 4 aromatic rings. The lowest BCUT2D eigenvalue weighted by molar-refractivity contribution is -0.136. The summed E-state index contributed by atoms with van der Waals surface area (Å²) in [7, 11) is 0. The van der Waals surface area contributed by atoms with E-state index in [2.05, 4.69) is 10.3 Å². The molecule has 0 aliphatic rings.